The summed E-state index contributed by atoms with van der Waals surface area (Å²) in [7, 11) is 6.09. The summed E-state index contributed by atoms with van der Waals surface area (Å²) in [6.07, 6.45) is -9.27. The van der Waals surface area contributed by atoms with Gasteiger partial charge in [0.25, 0.3) is 0 Å². The second-order valence-electron chi connectivity index (χ2n) is 21.8. The maximum atomic E-state index is 16.1. The van der Waals surface area contributed by atoms with E-state index in [0.717, 1.165) is 12.7 Å². The van der Waals surface area contributed by atoms with E-state index < -0.39 is 125 Å². The van der Waals surface area contributed by atoms with Crippen molar-refractivity contribution in [2.75, 3.05) is 85.7 Å². The quantitative estimate of drug-likeness (QED) is 0.0300. The van der Waals surface area contributed by atoms with Gasteiger partial charge in [-0.1, -0.05) is 47.1 Å². The van der Waals surface area contributed by atoms with Gasteiger partial charge in [-0.25, -0.2) is 14.4 Å². The van der Waals surface area contributed by atoms with Gasteiger partial charge in [-0.3, -0.25) is 14.4 Å². The molecule has 0 aromatic heterocycles. The summed E-state index contributed by atoms with van der Waals surface area (Å²) in [4.78, 5) is 86.0. The van der Waals surface area contributed by atoms with Crippen molar-refractivity contribution < 1.29 is 101 Å². The summed E-state index contributed by atoms with van der Waals surface area (Å²) in [5.41, 5.74) is -8.96. The molecule has 4 aliphatic rings. The van der Waals surface area contributed by atoms with E-state index >= 15 is 4.79 Å². The molecule has 2 bridgehead atoms. The molecule has 0 spiro atoms. The second-order valence-corrected chi connectivity index (χ2v) is 24.5. The highest BCUT2D eigenvalue weighted by atomic mass is 33.1. The number of nitrogens with one attached hydrogen (secondary N) is 1. The van der Waals surface area contributed by atoms with E-state index in [9.17, 15) is 39.3 Å². The molecule has 444 valence electrons. The van der Waals surface area contributed by atoms with Crippen LogP contribution in [0.1, 0.15) is 98.9 Å². The van der Waals surface area contributed by atoms with Crippen LogP contribution >= 0.6 is 21.6 Å². The lowest BCUT2D eigenvalue weighted by atomic mass is 9.44. The molecule has 1 heterocycles. The monoisotopic (exact) mass is 1160 g/mol. The minimum atomic E-state index is -2.54. The molecule has 11 atom stereocenters. The molecule has 3 aliphatic carbocycles. The molecule has 22 nitrogen and oxygen atoms in total. The first-order valence-electron chi connectivity index (χ1n) is 26.2. The molecule has 1 unspecified atom stereocenters. The first-order chi connectivity index (χ1) is 37.1. The summed E-state index contributed by atoms with van der Waals surface area (Å²) in [6, 6.07) is 2.92. The zero-order valence-electron chi connectivity index (χ0n) is 47.6. The molecule has 3 fully saturated rings. The number of alkyl carbamates (subject to hydrolysis) is 1. The Bertz CT molecular complexity index is 2390. The Morgan fingerprint density at radius 3 is 2.06 bits per heavy atom. The van der Waals surface area contributed by atoms with Gasteiger partial charge >= 0.3 is 30.0 Å². The lowest BCUT2D eigenvalue weighted by Gasteiger charge is -2.67. The van der Waals surface area contributed by atoms with Gasteiger partial charge in [0.2, 0.25) is 0 Å². The van der Waals surface area contributed by atoms with Crippen LogP contribution in [0.3, 0.4) is 0 Å². The van der Waals surface area contributed by atoms with E-state index in [1.807, 2.05) is 6.26 Å². The average molecular weight is 1160 g/mol. The summed E-state index contributed by atoms with van der Waals surface area (Å²) in [5.74, 6) is -5.68. The molecule has 79 heavy (non-hydrogen) atoms. The van der Waals surface area contributed by atoms with Gasteiger partial charge in [-0.15, -0.1) is 0 Å². The normalized spacial score (nSPS) is 27.7. The van der Waals surface area contributed by atoms with Crippen LogP contribution < -0.4 is 14.8 Å². The number of aliphatic hydroxyl groups is 3. The number of carbonyl (C=O) groups excluding carboxylic acids is 6. The molecule has 1 aromatic rings. The Hall–Kier alpha value is -4.50. The van der Waals surface area contributed by atoms with E-state index in [0.29, 0.717) is 32.0 Å². The fourth-order valence-electron chi connectivity index (χ4n) is 10.9. The Balaban J connectivity index is 1.57. The van der Waals surface area contributed by atoms with Crippen molar-refractivity contribution >= 4 is 57.3 Å². The maximum absolute atomic E-state index is 16.1. The van der Waals surface area contributed by atoms with Gasteiger partial charge in [-0.2, -0.15) is 0 Å². The Labute approximate surface area is 470 Å². The summed E-state index contributed by atoms with van der Waals surface area (Å²) >= 11 is 0. The van der Waals surface area contributed by atoms with Gasteiger partial charge in [-0.05, 0) is 84.1 Å². The van der Waals surface area contributed by atoms with Gasteiger partial charge < -0.3 is 77.5 Å². The molecule has 1 amide bonds. The Morgan fingerprint density at radius 2 is 1.52 bits per heavy atom. The molecular weight excluding hydrogens is 1070 g/mol. The molecule has 1 saturated heterocycles. The molecule has 24 heteroatoms. The van der Waals surface area contributed by atoms with Gasteiger partial charge in [0.15, 0.2) is 23.6 Å². The van der Waals surface area contributed by atoms with Gasteiger partial charge in [0.05, 0.1) is 104 Å². The van der Waals surface area contributed by atoms with E-state index in [1.54, 1.807) is 56.2 Å². The predicted molar refractivity (Wildman–Crippen MR) is 288 cm³/mol. The standard InChI is InChI=1S/C55H81NO21S2/c1-31(2)26-36(56-50(64)77-51(5,6)7)43(60)49(63)73-38-29-55(65)47(75-48(62)35-27-34(66-11)14-15-37(35)67-12)45-53(10,39(58)28-40-54(45,30-72-40)76-33(4)57)46(61)44(42(32(38)3)52(55,8)9)74-41(59)16-17-68-18-19-69-20-21-70-22-23-71-24-25-79-78-13/h14-15,26-27,36,38-40,43-45,47,58,60,65H,16-25,28-30H2,1-13H3,(H,56,64)/t36-,38-,39-,40+,43+,44+,45?,47-,53+,54-,55+/m0/s1. The third-order valence-electron chi connectivity index (χ3n) is 14.8. The topological polar surface area (TPSA) is 286 Å². The van der Waals surface area contributed by atoms with Crippen LogP contribution in [-0.2, 0) is 66.5 Å². The maximum Gasteiger partial charge on any atom is 0.408 e. The minimum absolute atomic E-state index is 0.0267. The highest BCUT2D eigenvalue weighted by Crippen LogP contribution is 2.64. The van der Waals surface area contributed by atoms with Crippen molar-refractivity contribution in [3.63, 3.8) is 0 Å². The number of Topliss-reactive ketones (excluding diaryl/α,β-unsaturated/α-hetero) is 1. The third kappa shape index (κ3) is 15.1. The number of carbonyl (C=O) groups is 6. The van der Waals surface area contributed by atoms with Crippen molar-refractivity contribution in [3.8, 4) is 11.5 Å². The molecule has 1 aliphatic heterocycles. The van der Waals surface area contributed by atoms with E-state index in [1.165, 1.54) is 66.2 Å². The molecule has 1 aromatic carbocycles. The molecular formula is C55H81NO21S2. The summed E-state index contributed by atoms with van der Waals surface area (Å²) in [6.45, 7) is 17.1. The van der Waals surface area contributed by atoms with Crippen molar-refractivity contribution in [1.29, 1.82) is 0 Å². The number of ether oxygens (including phenoxy) is 12. The third-order valence-corrected chi connectivity index (χ3v) is 16.6. The minimum Gasteiger partial charge on any atom is -0.497 e. The number of aliphatic hydroxyl groups excluding tert-OH is 2. The highest BCUT2D eigenvalue weighted by Gasteiger charge is 2.78. The molecule has 0 radical (unpaired) electrons. The Morgan fingerprint density at radius 1 is 0.899 bits per heavy atom. The van der Waals surface area contributed by atoms with Crippen LogP contribution in [0.2, 0.25) is 0 Å². The second kappa shape index (κ2) is 28.0. The van der Waals surface area contributed by atoms with E-state index in [4.69, 9.17) is 56.8 Å². The first-order valence-corrected chi connectivity index (χ1v) is 28.9. The predicted octanol–water partition coefficient (Wildman–Crippen LogP) is 4.89. The van der Waals surface area contributed by atoms with Crippen molar-refractivity contribution in [1.82, 2.24) is 5.32 Å². The van der Waals surface area contributed by atoms with Crippen LogP contribution in [0.15, 0.2) is 41.0 Å². The number of hydrogen-bond donors (Lipinski definition) is 4. The van der Waals surface area contributed by atoms with Crippen molar-refractivity contribution in [2.45, 2.75) is 148 Å². The number of allylic oxidation sites excluding steroid dienone is 1. The average Bonchev–Trinajstić information content (AvgIpc) is 3.56. The lowest BCUT2D eigenvalue weighted by molar-refractivity contribution is -0.346. The van der Waals surface area contributed by atoms with Crippen LogP contribution in [0.4, 0.5) is 4.79 Å². The largest absolute Gasteiger partial charge is 0.497 e. The van der Waals surface area contributed by atoms with Gasteiger partial charge in [0, 0.05) is 30.9 Å². The summed E-state index contributed by atoms with van der Waals surface area (Å²) in [5, 5.41) is 40.7. The van der Waals surface area contributed by atoms with Crippen LogP contribution in [0.5, 0.6) is 11.5 Å². The fourth-order valence-corrected chi connectivity index (χ4v) is 12.0. The van der Waals surface area contributed by atoms with Crippen LogP contribution in [0.25, 0.3) is 0 Å². The van der Waals surface area contributed by atoms with Crippen molar-refractivity contribution in [2.24, 2.45) is 16.7 Å². The first kappa shape index (κ1) is 65.3. The zero-order valence-corrected chi connectivity index (χ0v) is 49.3. The summed E-state index contributed by atoms with van der Waals surface area (Å²) < 4.78 is 69.8. The van der Waals surface area contributed by atoms with Crippen molar-refractivity contribution in [3.05, 3.63) is 46.6 Å². The smallest absolute Gasteiger partial charge is 0.408 e. The highest BCUT2D eigenvalue weighted by molar-refractivity contribution is 8.76. The number of methoxy groups -OCH3 is 2. The number of amides is 1. The number of benzene rings is 1. The van der Waals surface area contributed by atoms with Gasteiger partial charge in [0.1, 0.15) is 46.6 Å². The number of rotatable bonds is 27. The SMILES string of the molecule is COc1ccc(OC)c(C(=O)O[C@H]2C3[C@](C)(C(=O)[C@H](OC(=O)CCOCCOCCOCCOCCSSC)C4=C(C)[C@@H](OC(=O)[C@H](O)[C@H](C=C(C)C)NC(=O)OC(C)(C)C)C[C@]2(O)C4(C)C)[C@@H](O)C[C@H]2OC[C@@]32OC(C)=O)c1. The number of esters is 4. The number of ketones is 1. The zero-order chi connectivity index (χ0) is 58.7. The fraction of sp³-hybridized carbons (Fsp3) is 0.709. The number of hydrogen-bond acceptors (Lipinski definition) is 23. The molecule has 4 N–H and O–H groups in total. The van der Waals surface area contributed by atoms with E-state index in [2.05, 4.69) is 5.32 Å². The van der Waals surface area contributed by atoms with Crippen LogP contribution in [0, 0.1) is 16.7 Å². The lowest BCUT2D eigenvalue weighted by Crippen LogP contribution is -2.82. The number of fused-ring (bicyclic) bond motifs is 5. The van der Waals surface area contributed by atoms with E-state index in [-0.39, 0.29) is 67.5 Å². The van der Waals surface area contributed by atoms with Crippen LogP contribution in [-0.4, -0.2) is 196 Å². The molecule has 5 rings (SSSR count). The Kier molecular flexibility index (Phi) is 23.1. The molecule has 2 saturated carbocycles.